The number of carbonyl (C=O) groups excluding carboxylic acids is 1. The predicted octanol–water partition coefficient (Wildman–Crippen LogP) is 5.93. The van der Waals surface area contributed by atoms with Crippen LogP contribution in [0, 0.1) is 0 Å². The number of nitrogens with zero attached hydrogens (tertiary/aromatic N) is 2. The average molecular weight is 389 g/mol. The number of nitrogens with one attached hydrogen (secondary N) is 1. The van der Waals surface area contributed by atoms with Gasteiger partial charge in [0.1, 0.15) is 0 Å². The molecule has 0 atom stereocenters. The van der Waals surface area contributed by atoms with Crippen LogP contribution in [-0.4, -0.2) is 15.9 Å². The third-order valence-corrected chi connectivity index (χ3v) is 5.32. The molecule has 30 heavy (non-hydrogen) atoms. The fraction of sp³-hybridized carbons (Fsp3) is 0. The second kappa shape index (κ2) is 6.39. The maximum absolute atomic E-state index is 12.3. The Morgan fingerprint density at radius 2 is 1.33 bits per heavy atom. The van der Waals surface area contributed by atoms with Gasteiger partial charge in [-0.05, 0) is 41.1 Å². The zero-order valence-electron chi connectivity index (χ0n) is 15.8. The van der Waals surface area contributed by atoms with Gasteiger partial charge in [-0.1, -0.05) is 48.5 Å². The number of furan rings is 1. The molecule has 5 nitrogen and oxygen atoms in total. The van der Waals surface area contributed by atoms with Gasteiger partial charge in [-0.3, -0.25) is 4.79 Å². The molecule has 6 rings (SSSR count). The second-order valence-electron chi connectivity index (χ2n) is 7.15. The summed E-state index contributed by atoms with van der Waals surface area (Å²) in [6.07, 6.45) is 1.47. The largest absolute Gasteiger partial charge is 0.459 e. The van der Waals surface area contributed by atoms with E-state index in [1.807, 2.05) is 42.5 Å². The summed E-state index contributed by atoms with van der Waals surface area (Å²) in [6.45, 7) is 0. The number of hydrogen-bond acceptors (Lipinski definition) is 4. The van der Waals surface area contributed by atoms with E-state index in [0.717, 1.165) is 43.6 Å². The SMILES string of the molecule is O=C(Nc1ccc2nc3c4ccccc4c4ccccc4c3nc2c1)c1ccco1. The summed E-state index contributed by atoms with van der Waals surface area (Å²) in [7, 11) is 0. The van der Waals surface area contributed by atoms with Crippen molar-refractivity contribution in [3.8, 4) is 0 Å². The number of anilines is 1. The fourth-order valence-electron chi connectivity index (χ4n) is 3.96. The van der Waals surface area contributed by atoms with Crippen LogP contribution in [0.5, 0.6) is 0 Å². The summed E-state index contributed by atoms with van der Waals surface area (Å²) in [5, 5.41) is 7.30. The first-order valence-corrected chi connectivity index (χ1v) is 9.64. The quantitative estimate of drug-likeness (QED) is 0.294. The summed E-state index contributed by atoms with van der Waals surface area (Å²) in [5.74, 6) is -0.0401. The Balaban J connectivity index is 1.59. The molecular weight excluding hydrogens is 374 g/mol. The van der Waals surface area contributed by atoms with Crippen LogP contribution in [0.15, 0.2) is 89.5 Å². The van der Waals surface area contributed by atoms with Gasteiger partial charge in [0.2, 0.25) is 0 Å². The fourth-order valence-corrected chi connectivity index (χ4v) is 3.96. The van der Waals surface area contributed by atoms with E-state index < -0.39 is 0 Å². The molecule has 0 unspecified atom stereocenters. The van der Waals surface area contributed by atoms with Crippen LogP contribution in [-0.2, 0) is 0 Å². The van der Waals surface area contributed by atoms with E-state index in [9.17, 15) is 4.79 Å². The Hall–Kier alpha value is -4.25. The maximum Gasteiger partial charge on any atom is 0.291 e. The first kappa shape index (κ1) is 16.7. The predicted molar refractivity (Wildman–Crippen MR) is 119 cm³/mol. The van der Waals surface area contributed by atoms with Crippen molar-refractivity contribution in [3.63, 3.8) is 0 Å². The van der Waals surface area contributed by atoms with Gasteiger partial charge in [-0.15, -0.1) is 0 Å². The monoisotopic (exact) mass is 389 g/mol. The molecular formula is C25H15N3O2. The highest BCUT2D eigenvalue weighted by molar-refractivity contribution is 6.23. The Labute approximate surface area is 171 Å². The summed E-state index contributed by atoms with van der Waals surface area (Å²) < 4.78 is 5.16. The minimum atomic E-state index is -0.301. The molecule has 1 amide bonds. The van der Waals surface area contributed by atoms with Crippen molar-refractivity contribution >= 4 is 55.2 Å². The van der Waals surface area contributed by atoms with Crippen LogP contribution < -0.4 is 5.32 Å². The van der Waals surface area contributed by atoms with Crippen molar-refractivity contribution < 1.29 is 9.21 Å². The van der Waals surface area contributed by atoms with Crippen LogP contribution >= 0.6 is 0 Å². The van der Waals surface area contributed by atoms with E-state index >= 15 is 0 Å². The van der Waals surface area contributed by atoms with Crippen molar-refractivity contribution in [1.82, 2.24) is 9.97 Å². The lowest BCUT2D eigenvalue weighted by atomic mass is 9.99. The molecule has 0 bridgehead atoms. The van der Waals surface area contributed by atoms with Gasteiger partial charge in [0.25, 0.3) is 5.91 Å². The number of fused-ring (bicyclic) bond motifs is 7. The lowest BCUT2D eigenvalue weighted by Crippen LogP contribution is -2.10. The lowest BCUT2D eigenvalue weighted by Gasteiger charge is -2.10. The zero-order chi connectivity index (χ0) is 20.1. The van der Waals surface area contributed by atoms with Crippen LogP contribution in [0.1, 0.15) is 10.6 Å². The van der Waals surface area contributed by atoms with Gasteiger partial charge in [0, 0.05) is 16.5 Å². The van der Waals surface area contributed by atoms with Crippen LogP contribution in [0.3, 0.4) is 0 Å². The molecule has 1 N–H and O–H groups in total. The van der Waals surface area contributed by atoms with Gasteiger partial charge < -0.3 is 9.73 Å². The number of hydrogen-bond donors (Lipinski definition) is 1. The Morgan fingerprint density at radius 3 is 1.97 bits per heavy atom. The molecule has 0 spiro atoms. The molecule has 0 aliphatic heterocycles. The molecule has 0 saturated carbocycles. The Bertz CT molecular complexity index is 1590. The van der Waals surface area contributed by atoms with Gasteiger partial charge in [-0.2, -0.15) is 0 Å². The molecule has 0 radical (unpaired) electrons. The molecule has 0 fully saturated rings. The van der Waals surface area contributed by atoms with Crippen molar-refractivity contribution in [1.29, 1.82) is 0 Å². The highest BCUT2D eigenvalue weighted by atomic mass is 16.3. The van der Waals surface area contributed by atoms with E-state index in [4.69, 9.17) is 14.4 Å². The average Bonchev–Trinajstić information content (AvgIpc) is 3.33. The molecule has 5 heteroatoms. The summed E-state index contributed by atoms with van der Waals surface area (Å²) in [5.41, 5.74) is 3.87. The molecule has 0 aliphatic rings. The first-order chi connectivity index (χ1) is 14.8. The molecule has 4 aromatic carbocycles. The van der Waals surface area contributed by atoms with E-state index in [0.29, 0.717) is 5.69 Å². The normalized spacial score (nSPS) is 11.5. The lowest BCUT2D eigenvalue weighted by molar-refractivity contribution is 0.0996. The molecule has 0 aliphatic carbocycles. The number of rotatable bonds is 2. The third-order valence-electron chi connectivity index (χ3n) is 5.32. The molecule has 6 aromatic rings. The molecule has 2 aromatic heterocycles. The number of carbonyl (C=O) groups is 1. The van der Waals surface area contributed by atoms with E-state index in [1.54, 1.807) is 12.1 Å². The molecule has 142 valence electrons. The first-order valence-electron chi connectivity index (χ1n) is 9.64. The van der Waals surface area contributed by atoms with Gasteiger partial charge in [-0.25, -0.2) is 9.97 Å². The van der Waals surface area contributed by atoms with Crippen LogP contribution in [0.25, 0.3) is 43.6 Å². The smallest absolute Gasteiger partial charge is 0.291 e. The molecule has 0 saturated heterocycles. The van der Waals surface area contributed by atoms with Crippen molar-refractivity contribution in [2.45, 2.75) is 0 Å². The Morgan fingerprint density at radius 1 is 0.700 bits per heavy atom. The minimum absolute atomic E-state index is 0.261. The highest BCUT2D eigenvalue weighted by Crippen LogP contribution is 2.34. The summed E-state index contributed by atoms with van der Waals surface area (Å²) >= 11 is 0. The van der Waals surface area contributed by atoms with Gasteiger partial charge in [0.05, 0.1) is 28.3 Å². The number of aromatic nitrogens is 2. The molecule has 2 heterocycles. The maximum atomic E-state index is 12.3. The number of benzene rings is 4. The van der Waals surface area contributed by atoms with Crippen molar-refractivity contribution in [2.75, 3.05) is 5.32 Å². The zero-order valence-corrected chi connectivity index (χ0v) is 15.8. The van der Waals surface area contributed by atoms with Crippen LogP contribution in [0.4, 0.5) is 5.69 Å². The summed E-state index contributed by atoms with van der Waals surface area (Å²) in [6, 6.07) is 25.4. The van der Waals surface area contributed by atoms with E-state index in [1.165, 1.54) is 6.26 Å². The standard InChI is InChI=1S/C25H15N3O2/c29-25(22-10-5-13-30-22)26-15-11-12-20-21(14-15)28-24-19-9-4-2-7-17(19)16-6-1-3-8-18(16)23(24)27-20/h1-14H,(H,26,29). The van der Waals surface area contributed by atoms with Crippen LogP contribution in [0.2, 0.25) is 0 Å². The second-order valence-corrected chi connectivity index (χ2v) is 7.15. The number of amides is 1. The van der Waals surface area contributed by atoms with E-state index in [2.05, 4.69) is 29.6 Å². The van der Waals surface area contributed by atoms with Crippen molar-refractivity contribution in [2.24, 2.45) is 0 Å². The Kier molecular flexibility index (Phi) is 3.55. The van der Waals surface area contributed by atoms with E-state index in [-0.39, 0.29) is 11.7 Å². The third kappa shape index (κ3) is 2.53. The topological polar surface area (TPSA) is 68.0 Å². The summed E-state index contributed by atoms with van der Waals surface area (Å²) in [4.78, 5) is 22.2. The minimum Gasteiger partial charge on any atom is -0.459 e. The van der Waals surface area contributed by atoms with Crippen molar-refractivity contribution in [3.05, 3.63) is 90.9 Å². The van der Waals surface area contributed by atoms with Gasteiger partial charge >= 0.3 is 0 Å². The highest BCUT2D eigenvalue weighted by Gasteiger charge is 2.13. The van der Waals surface area contributed by atoms with Gasteiger partial charge in [0.15, 0.2) is 5.76 Å².